The molecule has 2 aromatic heterocycles. The zero-order chi connectivity index (χ0) is 18.1. The highest BCUT2D eigenvalue weighted by molar-refractivity contribution is 8.00. The Labute approximate surface area is 159 Å². The number of nitrogens with zero attached hydrogens (tertiary/aromatic N) is 1. The van der Waals surface area contributed by atoms with Gasteiger partial charge in [0, 0.05) is 17.6 Å². The van der Waals surface area contributed by atoms with Gasteiger partial charge in [0.15, 0.2) is 0 Å². The minimum absolute atomic E-state index is 0.0280. The Kier molecular flexibility index (Phi) is 5.32. The number of ether oxygens (including phenoxy) is 1. The molecular weight excluding hydrogens is 378 g/mol. The van der Waals surface area contributed by atoms with Crippen LogP contribution in [0, 0.1) is 6.92 Å². The van der Waals surface area contributed by atoms with Gasteiger partial charge in [-0.05, 0) is 47.9 Å². The minimum Gasteiger partial charge on any atom is -0.495 e. The summed E-state index contributed by atoms with van der Waals surface area (Å²) in [6, 6.07) is 5.86. The molecule has 3 rings (SSSR count). The maximum Gasteiger partial charge on any atom is 0.307 e. The molecule has 4 nitrogen and oxygen atoms in total. The fourth-order valence-electron chi connectivity index (χ4n) is 3.01. The third-order valence-electron chi connectivity index (χ3n) is 4.23. The van der Waals surface area contributed by atoms with Gasteiger partial charge in [-0.3, -0.25) is 4.79 Å². The third kappa shape index (κ3) is 3.52. The Balaban J connectivity index is 2.17. The first-order chi connectivity index (χ1) is 11.9. The number of methoxy groups -OCH3 is 1. The van der Waals surface area contributed by atoms with Crippen molar-refractivity contribution in [2.75, 3.05) is 13.4 Å². The zero-order valence-corrected chi connectivity index (χ0v) is 16.5. The Bertz CT molecular complexity index is 946. The molecule has 1 aromatic carbocycles. The summed E-state index contributed by atoms with van der Waals surface area (Å²) in [6.07, 6.45) is 2.03. The van der Waals surface area contributed by atoms with E-state index in [2.05, 4.69) is 22.3 Å². The standard InChI is InChI=1S/C18H18ClNO3S2/c1-10-12(6-17(21)22)13-5-16(23-2)14(19)7-15(13)20(10)8-11-4-18(24-3)25-9-11/h4-5,7,9H,6,8H2,1-3H3,(H,21,22). The SMILES string of the molecule is COc1cc2c(CC(=O)O)c(C)n(Cc3csc(SC)c3)c2cc1Cl. The van der Waals surface area contributed by atoms with Gasteiger partial charge in [-0.1, -0.05) is 11.6 Å². The second-order valence-electron chi connectivity index (χ2n) is 5.70. The minimum atomic E-state index is -0.851. The summed E-state index contributed by atoms with van der Waals surface area (Å²) in [5.41, 5.74) is 3.87. The molecule has 3 aromatic rings. The third-order valence-corrected chi connectivity index (χ3v) is 6.60. The van der Waals surface area contributed by atoms with Crippen molar-refractivity contribution in [1.29, 1.82) is 0 Å². The summed E-state index contributed by atoms with van der Waals surface area (Å²) < 4.78 is 8.70. The number of aliphatic carboxylic acids is 1. The maximum atomic E-state index is 11.3. The molecule has 2 heterocycles. The molecule has 0 saturated heterocycles. The molecule has 7 heteroatoms. The quantitative estimate of drug-likeness (QED) is 0.592. The number of halogens is 1. The molecule has 25 heavy (non-hydrogen) atoms. The molecule has 1 N–H and O–H groups in total. The number of hydrogen-bond acceptors (Lipinski definition) is 4. The predicted molar refractivity (Wildman–Crippen MR) is 105 cm³/mol. The molecular formula is C18H18ClNO3S2. The van der Waals surface area contributed by atoms with Crippen LogP contribution in [0.5, 0.6) is 5.75 Å². The fraction of sp³-hybridized carbons (Fsp3) is 0.278. The molecule has 0 aliphatic carbocycles. The molecule has 132 valence electrons. The van der Waals surface area contributed by atoms with Crippen LogP contribution in [0.25, 0.3) is 10.9 Å². The average molecular weight is 396 g/mol. The van der Waals surface area contributed by atoms with Gasteiger partial charge in [0.2, 0.25) is 0 Å². The number of rotatable bonds is 6. The highest BCUT2D eigenvalue weighted by Crippen LogP contribution is 2.36. The van der Waals surface area contributed by atoms with E-state index in [0.717, 1.165) is 22.2 Å². The molecule has 0 fully saturated rings. The summed E-state index contributed by atoms with van der Waals surface area (Å²) in [4.78, 5) is 11.3. The van der Waals surface area contributed by atoms with E-state index in [1.807, 2.05) is 19.1 Å². The number of carbonyl (C=O) groups is 1. The largest absolute Gasteiger partial charge is 0.495 e. The van der Waals surface area contributed by atoms with Gasteiger partial charge in [0.1, 0.15) is 5.75 Å². The Morgan fingerprint density at radius 2 is 2.16 bits per heavy atom. The van der Waals surface area contributed by atoms with Crippen LogP contribution in [0.15, 0.2) is 27.8 Å². The van der Waals surface area contributed by atoms with Crippen LogP contribution < -0.4 is 4.74 Å². The number of carboxylic acids is 1. The van der Waals surface area contributed by atoms with Crippen molar-refractivity contribution < 1.29 is 14.6 Å². The predicted octanol–water partition coefficient (Wildman–Crippen LogP) is 5.07. The van der Waals surface area contributed by atoms with Crippen LogP contribution in [0.2, 0.25) is 5.02 Å². The highest BCUT2D eigenvalue weighted by Gasteiger charge is 2.19. The van der Waals surface area contributed by atoms with E-state index in [-0.39, 0.29) is 6.42 Å². The first-order valence-corrected chi connectivity index (χ1v) is 10.1. The number of fused-ring (bicyclic) bond motifs is 1. The first-order valence-electron chi connectivity index (χ1n) is 7.63. The van der Waals surface area contributed by atoms with E-state index < -0.39 is 5.97 Å². The van der Waals surface area contributed by atoms with E-state index in [0.29, 0.717) is 17.3 Å². The number of carboxylic acid groups (broad SMARTS) is 1. The van der Waals surface area contributed by atoms with Crippen LogP contribution in [-0.4, -0.2) is 29.0 Å². The van der Waals surface area contributed by atoms with E-state index in [1.165, 1.54) is 9.77 Å². The Hall–Kier alpha value is -1.63. The van der Waals surface area contributed by atoms with Gasteiger partial charge in [0.05, 0.1) is 28.3 Å². The van der Waals surface area contributed by atoms with Gasteiger partial charge in [-0.25, -0.2) is 0 Å². The lowest BCUT2D eigenvalue weighted by molar-refractivity contribution is -0.136. The molecule has 0 amide bonds. The number of thiophene rings is 1. The molecule has 0 aliphatic rings. The van der Waals surface area contributed by atoms with Gasteiger partial charge in [0.25, 0.3) is 0 Å². The van der Waals surface area contributed by atoms with Crippen LogP contribution in [0.4, 0.5) is 0 Å². The van der Waals surface area contributed by atoms with Crippen molar-refractivity contribution in [1.82, 2.24) is 4.57 Å². The van der Waals surface area contributed by atoms with Gasteiger partial charge in [-0.15, -0.1) is 23.1 Å². The lowest BCUT2D eigenvalue weighted by Crippen LogP contribution is -2.04. The summed E-state index contributed by atoms with van der Waals surface area (Å²) in [5, 5.41) is 12.8. The summed E-state index contributed by atoms with van der Waals surface area (Å²) in [5.74, 6) is -0.297. The molecule has 0 aliphatic heterocycles. The van der Waals surface area contributed by atoms with Gasteiger partial charge < -0.3 is 14.4 Å². The lowest BCUT2D eigenvalue weighted by Gasteiger charge is -2.08. The zero-order valence-electron chi connectivity index (χ0n) is 14.1. The Morgan fingerprint density at radius 3 is 2.76 bits per heavy atom. The molecule has 0 saturated carbocycles. The van der Waals surface area contributed by atoms with Crippen molar-refractivity contribution in [2.24, 2.45) is 0 Å². The van der Waals surface area contributed by atoms with E-state index >= 15 is 0 Å². The van der Waals surface area contributed by atoms with Crippen LogP contribution >= 0.6 is 34.7 Å². The summed E-state index contributed by atoms with van der Waals surface area (Å²) in [7, 11) is 1.56. The van der Waals surface area contributed by atoms with E-state index in [1.54, 1.807) is 30.2 Å². The van der Waals surface area contributed by atoms with Crippen LogP contribution in [0.1, 0.15) is 16.8 Å². The molecule has 0 spiro atoms. The second kappa shape index (κ2) is 7.32. The van der Waals surface area contributed by atoms with Gasteiger partial charge in [-0.2, -0.15) is 0 Å². The van der Waals surface area contributed by atoms with E-state index in [9.17, 15) is 9.90 Å². The smallest absolute Gasteiger partial charge is 0.307 e. The number of benzene rings is 1. The molecule has 0 unspecified atom stereocenters. The highest BCUT2D eigenvalue weighted by atomic mass is 35.5. The monoisotopic (exact) mass is 395 g/mol. The number of thioether (sulfide) groups is 1. The first kappa shape index (κ1) is 18.2. The maximum absolute atomic E-state index is 11.3. The number of hydrogen-bond donors (Lipinski definition) is 1. The van der Waals surface area contributed by atoms with Crippen molar-refractivity contribution in [3.05, 3.63) is 45.4 Å². The Morgan fingerprint density at radius 1 is 1.40 bits per heavy atom. The van der Waals surface area contributed by atoms with Gasteiger partial charge >= 0.3 is 5.97 Å². The lowest BCUT2D eigenvalue weighted by atomic mass is 10.1. The summed E-state index contributed by atoms with van der Waals surface area (Å²) in [6.45, 7) is 2.64. The second-order valence-corrected chi connectivity index (χ2v) is 8.13. The summed E-state index contributed by atoms with van der Waals surface area (Å²) >= 11 is 9.76. The molecule has 0 bridgehead atoms. The topological polar surface area (TPSA) is 51.5 Å². The van der Waals surface area contributed by atoms with Crippen LogP contribution in [0.3, 0.4) is 0 Å². The average Bonchev–Trinajstić information content (AvgIpc) is 3.12. The normalized spacial score (nSPS) is 11.2. The molecule has 0 radical (unpaired) electrons. The molecule has 0 atom stereocenters. The van der Waals surface area contributed by atoms with Crippen LogP contribution in [-0.2, 0) is 17.8 Å². The van der Waals surface area contributed by atoms with Crippen molar-refractivity contribution in [3.8, 4) is 5.75 Å². The number of aromatic nitrogens is 1. The van der Waals surface area contributed by atoms with Crippen molar-refractivity contribution in [2.45, 2.75) is 24.1 Å². The fourth-order valence-corrected chi connectivity index (χ4v) is 4.67. The van der Waals surface area contributed by atoms with E-state index in [4.69, 9.17) is 16.3 Å². The van der Waals surface area contributed by atoms with Crippen molar-refractivity contribution >= 4 is 51.6 Å². The van der Waals surface area contributed by atoms with Crippen molar-refractivity contribution in [3.63, 3.8) is 0 Å².